The maximum atomic E-state index is 5.83. The average molecular weight is 207 g/mol. The Kier molecular flexibility index (Phi) is 3.15. The van der Waals surface area contributed by atoms with Gasteiger partial charge in [0.15, 0.2) is 0 Å². The van der Waals surface area contributed by atoms with Crippen molar-refractivity contribution in [1.82, 2.24) is 5.32 Å². The molecule has 1 heterocycles. The van der Waals surface area contributed by atoms with E-state index in [1.807, 2.05) is 0 Å². The Hall–Kier alpha value is -0.760. The Morgan fingerprint density at radius 3 is 2.87 bits per heavy atom. The van der Waals surface area contributed by atoms with E-state index in [2.05, 4.69) is 31.3 Å². The van der Waals surface area contributed by atoms with Crippen LogP contribution in [0, 0.1) is 5.41 Å². The van der Waals surface area contributed by atoms with Gasteiger partial charge in [0.05, 0.1) is 0 Å². The summed E-state index contributed by atoms with van der Waals surface area (Å²) >= 11 is 0. The Morgan fingerprint density at radius 1 is 1.20 bits per heavy atom. The Balaban J connectivity index is 2.24. The van der Waals surface area contributed by atoms with Gasteiger partial charge in [-0.2, -0.15) is 0 Å². The van der Waals surface area contributed by atoms with Crippen LogP contribution in [0.25, 0.3) is 0 Å². The van der Waals surface area contributed by atoms with Gasteiger partial charge in [-0.3, -0.25) is 0 Å². The first-order valence-electron chi connectivity index (χ1n) is 5.95. The molecule has 2 heteroatoms. The van der Waals surface area contributed by atoms with Gasteiger partial charge in [-0.05, 0) is 42.9 Å². The molecule has 0 aromatic rings. The molecule has 1 aliphatic heterocycles. The summed E-state index contributed by atoms with van der Waals surface area (Å²) < 4.78 is 5.83. The lowest BCUT2D eigenvalue weighted by molar-refractivity contribution is 0.213. The van der Waals surface area contributed by atoms with Crippen molar-refractivity contribution in [1.29, 1.82) is 0 Å². The van der Waals surface area contributed by atoms with Gasteiger partial charge < -0.3 is 10.1 Å². The van der Waals surface area contributed by atoms with E-state index in [0.717, 1.165) is 31.9 Å². The van der Waals surface area contributed by atoms with Crippen LogP contribution in [-0.4, -0.2) is 19.7 Å². The summed E-state index contributed by atoms with van der Waals surface area (Å²) in [6.45, 7) is 7.46. The fourth-order valence-corrected chi connectivity index (χ4v) is 2.29. The quantitative estimate of drug-likeness (QED) is 0.659. The second-order valence-electron chi connectivity index (χ2n) is 5.00. The molecule has 0 spiro atoms. The molecule has 1 N–H and O–H groups in total. The first-order valence-corrected chi connectivity index (χ1v) is 5.95. The molecule has 1 saturated heterocycles. The number of fused-ring (bicyclic) bond motifs is 1. The normalized spacial score (nSPS) is 26.0. The summed E-state index contributed by atoms with van der Waals surface area (Å²) in [6.07, 6.45) is 8.09. The van der Waals surface area contributed by atoms with Crippen LogP contribution < -0.4 is 5.32 Å². The van der Waals surface area contributed by atoms with Crippen LogP contribution in [0.4, 0.5) is 0 Å². The van der Waals surface area contributed by atoms with Crippen molar-refractivity contribution in [2.24, 2.45) is 5.41 Å². The monoisotopic (exact) mass is 207 g/mol. The standard InChI is InChI=1S/C13H21NO/c1-13(2)7-8-14-9-10-15-12-6-4-3-5-11(12)13/h5-6,14H,3-4,7-10H2,1-2H3. The van der Waals surface area contributed by atoms with Gasteiger partial charge in [0.1, 0.15) is 12.4 Å². The highest BCUT2D eigenvalue weighted by Gasteiger charge is 2.28. The van der Waals surface area contributed by atoms with Crippen LogP contribution in [-0.2, 0) is 4.74 Å². The second kappa shape index (κ2) is 4.40. The third-order valence-electron chi connectivity index (χ3n) is 3.30. The molecule has 2 nitrogen and oxygen atoms in total. The van der Waals surface area contributed by atoms with Crippen molar-refractivity contribution in [2.75, 3.05) is 19.7 Å². The molecule has 0 radical (unpaired) electrons. The van der Waals surface area contributed by atoms with Crippen LogP contribution >= 0.6 is 0 Å². The summed E-state index contributed by atoms with van der Waals surface area (Å²) in [4.78, 5) is 0. The minimum Gasteiger partial charge on any atom is -0.492 e. The first-order chi connectivity index (χ1) is 7.20. The lowest BCUT2D eigenvalue weighted by Gasteiger charge is -2.30. The molecule has 1 aliphatic carbocycles. The average Bonchev–Trinajstić information content (AvgIpc) is 2.29. The molecule has 15 heavy (non-hydrogen) atoms. The molecule has 0 atom stereocenters. The highest BCUT2D eigenvalue weighted by Crippen LogP contribution is 2.38. The van der Waals surface area contributed by atoms with E-state index in [9.17, 15) is 0 Å². The first kappa shape index (κ1) is 10.7. The Morgan fingerprint density at radius 2 is 2.00 bits per heavy atom. The molecule has 0 amide bonds. The molecule has 0 aromatic heterocycles. The second-order valence-corrected chi connectivity index (χ2v) is 5.00. The van der Waals surface area contributed by atoms with E-state index >= 15 is 0 Å². The smallest absolute Gasteiger partial charge is 0.118 e. The van der Waals surface area contributed by atoms with Gasteiger partial charge in [-0.1, -0.05) is 19.9 Å². The fraction of sp³-hybridized carbons (Fsp3) is 0.692. The third-order valence-corrected chi connectivity index (χ3v) is 3.30. The molecular weight excluding hydrogens is 186 g/mol. The van der Waals surface area contributed by atoms with Gasteiger partial charge in [-0.25, -0.2) is 0 Å². The summed E-state index contributed by atoms with van der Waals surface area (Å²) in [5.74, 6) is 1.13. The zero-order valence-electron chi connectivity index (χ0n) is 9.81. The van der Waals surface area contributed by atoms with E-state index in [1.54, 1.807) is 0 Å². The van der Waals surface area contributed by atoms with Gasteiger partial charge in [0.2, 0.25) is 0 Å². The molecule has 2 rings (SSSR count). The highest BCUT2D eigenvalue weighted by molar-refractivity contribution is 5.34. The maximum absolute atomic E-state index is 5.83. The molecule has 0 saturated carbocycles. The van der Waals surface area contributed by atoms with E-state index in [4.69, 9.17) is 4.74 Å². The molecule has 0 aromatic carbocycles. The minimum absolute atomic E-state index is 0.240. The highest BCUT2D eigenvalue weighted by atomic mass is 16.5. The Labute approximate surface area is 92.4 Å². The molecule has 0 bridgehead atoms. The fourth-order valence-electron chi connectivity index (χ4n) is 2.29. The van der Waals surface area contributed by atoms with Crippen LogP contribution in [0.1, 0.15) is 33.1 Å². The molecule has 2 aliphatic rings. The molecule has 0 unspecified atom stereocenters. The predicted molar refractivity (Wildman–Crippen MR) is 62.6 cm³/mol. The zero-order valence-corrected chi connectivity index (χ0v) is 9.81. The van der Waals surface area contributed by atoms with E-state index in [-0.39, 0.29) is 5.41 Å². The van der Waals surface area contributed by atoms with Crippen LogP contribution in [0.2, 0.25) is 0 Å². The summed E-state index contributed by atoms with van der Waals surface area (Å²) in [6, 6.07) is 0. The van der Waals surface area contributed by atoms with Gasteiger partial charge in [0, 0.05) is 6.54 Å². The number of nitrogens with one attached hydrogen (secondary N) is 1. The van der Waals surface area contributed by atoms with Crippen molar-refractivity contribution in [3.63, 3.8) is 0 Å². The lowest BCUT2D eigenvalue weighted by Crippen LogP contribution is -2.24. The summed E-state index contributed by atoms with van der Waals surface area (Å²) in [5, 5.41) is 3.41. The van der Waals surface area contributed by atoms with Crippen LogP contribution in [0.3, 0.4) is 0 Å². The van der Waals surface area contributed by atoms with Crippen LogP contribution in [0.5, 0.6) is 0 Å². The van der Waals surface area contributed by atoms with E-state index < -0.39 is 0 Å². The van der Waals surface area contributed by atoms with Crippen LogP contribution in [0.15, 0.2) is 23.5 Å². The molecule has 84 valence electrons. The number of rotatable bonds is 0. The summed E-state index contributed by atoms with van der Waals surface area (Å²) in [5.41, 5.74) is 1.65. The largest absolute Gasteiger partial charge is 0.492 e. The van der Waals surface area contributed by atoms with Crippen molar-refractivity contribution >= 4 is 0 Å². The van der Waals surface area contributed by atoms with Gasteiger partial charge in [0.25, 0.3) is 0 Å². The number of ether oxygens (including phenoxy) is 1. The number of allylic oxidation sites excluding steroid dienone is 3. The van der Waals surface area contributed by atoms with Gasteiger partial charge >= 0.3 is 0 Å². The van der Waals surface area contributed by atoms with Crippen molar-refractivity contribution in [2.45, 2.75) is 33.1 Å². The molecular formula is C13H21NO. The summed E-state index contributed by atoms with van der Waals surface area (Å²) in [7, 11) is 0. The van der Waals surface area contributed by atoms with E-state index in [0.29, 0.717) is 0 Å². The lowest BCUT2D eigenvalue weighted by atomic mass is 9.78. The molecule has 1 fully saturated rings. The Bertz CT molecular complexity index is 289. The minimum atomic E-state index is 0.240. The number of hydrogen-bond acceptors (Lipinski definition) is 2. The SMILES string of the molecule is CC1(C)CCNCCOC2=CCCC=C21. The number of hydrogen-bond donors (Lipinski definition) is 1. The van der Waals surface area contributed by atoms with Crippen molar-refractivity contribution in [3.8, 4) is 0 Å². The zero-order chi connectivity index (χ0) is 10.7. The topological polar surface area (TPSA) is 21.3 Å². The van der Waals surface area contributed by atoms with Crippen molar-refractivity contribution < 1.29 is 4.74 Å². The van der Waals surface area contributed by atoms with Crippen molar-refractivity contribution in [3.05, 3.63) is 23.5 Å². The maximum Gasteiger partial charge on any atom is 0.118 e. The van der Waals surface area contributed by atoms with E-state index in [1.165, 1.54) is 18.4 Å². The third kappa shape index (κ3) is 2.43. The van der Waals surface area contributed by atoms with Gasteiger partial charge in [-0.15, -0.1) is 0 Å². The predicted octanol–water partition coefficient (Wildman–Crippen LogP) is 2.63.